The topological polar surface area (TPSA) is 89.6 Å². The zero-order chi connectivity index (χ0) is 16.4. The van der Waals surface area contributed by atoms with Gasteiger partial charge in [-0.15, -0.1) is 5.10 Å². The molecule has 0 spiro atoms. The number of rotatable bonds is 2. The molecule has 0 radical (unpaired) electrons. The smallest absolute Gasteiger partial charge is 0.211 e. The molecule has 1 aliphatic carbocycles. The van der Waals surface area contributed by atoms with Crippen LogP contribution in [0.5, 0.6) is 0 Å². The first kappa shape index (κ1) is 15.2. The van der Waals surface area contributed by atoms with Crippen LogP contribution in [0.3, 0.4) is 0 Å². The number of hydrogen-bond acceptors (Lipinski definition) is 3. The Bertz CT molecular complexity index is 788. The highest BCUT2D eigenvalue weighted by molar-refractivity contribution is 6.04. The molecule has 5 heteroatoms. The molecular formula is C18H21N5. The Morgan fingerprint density at radius 1 is 1.09 bits per heavy atom. The Kier molecular flexibility index (Phi) is 4.10. The van der Waals surface area contributed by atoms with Crippen LogP contribution in [0, 0.1) is 13.8 Å². The van der Waals surface area contributed by atoms with Gasteiger partial charge >= 0.3 is 0 Å². The van der Waals surface area contributed by atoms with E-state index in [1.54, 1.807) is 0 Å². The lowest BCUT2D eigenvalue weighted by Crippen LogP contribution is -2.24. The van der Waals surface area contributed by atoms with Gasteiger partial charge in [-0.1, -0.05) is 24.3 Å². The van der Waals surface area contributed by atoms with Gasteiger partial charge in [0.1, 0.15) is 0 Å². The summed E-state index contributed by atoms with van der Waals surface area (Å²) >= 11 is 0. The zero-order valence-corrected chi connectivity index (χ0v) is 13.5. The summed E-state index contributed by atoms with van der Waals surface area (Å²) in [5.74, 6) is 0.310. The van der Waals surface area contributed by atoms with Crippen LogP contribution in [0.1, 0.15) is 40.3 Å². The number of aryl methyl sites for hydroxylation is 2. The average Bonchev–Trinajstić information content (AvgIpc) is 2.53. The fourth-order valence-electron chi connectivity index (χ4n) is 3.28. The molecule has 2 aromatic rings. The predicted octanol–water partition coefficient (Wildman–Crippen LogP) is 2.41. The summed E-state index contributed by atoms with van der Waals surface area (Å²) in [5, 5.41) is 8.18. The van der Waals surface area contributed by atoms with Crippen molar-refractivity contribution in [1.29, 1.82) is 0 Å². The highest BCUT2D eigenvalue weighted by Crippen LogP contribution is 2.34. The van der Waals surface area contributed by atoms with Crippen molar-refractivity contribution in [2.24, 2.45) is 21.7 Å². The Balaban J connectivity index is 2.08. The normalized spacial score (nSPS) is 18.5. The van der Waals surface area contributed by atoms with E-state index in [0.29, 0.717) is 5.92 Å². The summed E-state index contributed by atoms with van der Waals surface area (Å²) in [6, 6.07) is 10.5. The second kappa shape index (κ2) is 6.20. The van der Waals surface area contributed by atoms with E-state index in [4.69, 9.17) is 11.5 Å². The van der Waals surface area contributed by atoms with Crippen molar-refractivity contribution < 1.29 is 0 Å². The number of nitrogens with zero attached hydrogens (tertiary/aromatic N) is 3. The molecule has 1 heterocycles. The van der Waals surface area contributed by atoms with Gasteiger partial charge in [0, 0.05) is 11.8 Å². The Labute approximate surface area is 136 Å². The van der Waals surface area contributed by atoms with Gasteiger partial charge in [-0.2, -0.15) is 5.10 Å². The number of pyridine rings is 1. The van der Waals surface area contributed by atoms with Crippen LogP contribution < -0.4 is 11.5 Å². The van der Waals surface area contributed by atoms with Crippen LogP contribution in [0.2, 0.25) is 0 Å². The number of hydrogen-bond donors (Lipinski definition) is 2. The quantitative estimate of drug-likeness (QED) is 0.507. The SMILES string of the molecule is Cc1ccccc1C1CC(=NN=C(N)N)c2c(C)ccnc2C1. The van der Waals surface area contributed by atoms with Crippen molar-refractivity contribution in [2.45, 2.75) is 32.6 Å². The average molecular weight is 307 g/mol. The summed E-state index contributed by atoms with van der Waals surface area (Å²) in [7, 11) is 0. The third-order valence-corrected chi connectivity index (χ3v) is 4.32. The summed E-state index contributed by atoms with van der Waals surface area (Å²) in [4.78, 5) is 4.57. The molecule has 5 nitrogen and oxygen atoms in total. The highest BCUT2D eigenvalue weighted by Gasteiger charge is 2.28. The van der Waals surface area contributed by atoms with E-state index in [-0.39, 0.29) is 5.96 Å². The molecule has 1 aromatic carbocycles. The third-order valence-electron chi connectivity index (χ3n) is 4.32. The van der Waals surface area contributed by atoms with Crippen molar-refractivity contribution in [3.05, 3.63) is 64.5 Å². The van der Waals surface area contributed by atoms with Gasteiger partial charge in [-0.05, 0) is 55.4 Å². The minimum Gasteiger partial charge on any atom is -0.369 e. The molecule has 0 saturated carbocycles. The van der Waals surface area contributed by atoms with Crippen molar-refractivity contribution in [3.8, 4) is 0 Å². The molecule has 0 fully saturated rings. The van der Waals surface area contributed by atoms with E-state index >= 15 is 0 Å². The molecule has 3 rings (SSSR count). The van der Waals surface area contributed by atoms with E-state index in [1.807, 2.05) is 12.3 Å². The van der Waals surface area contributed by atoms with Crippen LogP contribution in [0.15, 0.2) is 46.7 Å². The molecule has 1 atom stereocenters. The second-order valence-electron chi connectivity index (χ2n) is 5.98. The van der Waals surface area contributed by atoms with Gasteiger partial charge < -0.3 is 11.5 Å². The van der Waals surface area contributed by atoms with Crippen LogP contribution in [-0.4, -0.2) is 16.7 Å². The first-order valence-corrected chi connectivity index (χ1v) is 7.72. The summed E-state index contributed by atoms with van der Waals surface area (Å²) in [6.45, 7) is 4.21. The fourth-order valence-corrected chi connectivity index (χ4v) is 3.28. The van der Waals surface area contributed by atoms with Crippen LogP contribution in [0.25, 0.3) is 0 Å². The monoisotopic (exact) mass is 307 g/mol. The van der Waals surface area contributed by atoms with Crippen LogP contribution in [-0.2, 0) is 6.42 Å². The van der Waals surface area contributed by atoms with Crippen LogP contribution >= 0.6 is 0 Å². The minimum absolute atomic E-state index is 0.0291. The van der Waals surface area contributed by atoms with E-state index in [0.717, 1.165) is 35.4 Å². The van der Waals surface area contributed by atoms with Gasteiger partial charge in [0.2, 0.25) is 5.96 Å². The van der Waals surface area contributed by atoms with E-state index in [1.165, 1.54) is 11.1 Å². The van der Waals surface area contributed by atoms with E-state index in [9.17, 15) is 0 Å². The van der Waals surface area contributed by atoms with Crippen molar-refractivity contribution in [1.82, 2.24) is 4.98 Å². The lowest BCUT2D eigenvalue weighted by molar-refractivity contribution is 0.673. The van der Waals surface area contributed by atoms with Gasteiger partial charge in [0.25, 0.3) is 0 Å². The van der Waals surface area contributed by atoms with Crippen molar-refractivity contribution in [2.75, 3.05) is 0 Å². The lowest BCUT2D eigenvalue weighted by Gasteiger charge is -2.27. The van der Waals surface area contributed by atoms with Crippen molar-refractivity contribution >= 4 is 11.7 Å². The van der Waals surface area contributed by atoms with Crippen LogP contribution in [0.4, 0.5) is 0 Å². The number of nitrogens with two attached hydrogens (primary N) is 2. The molecule has 0 bridgehead atoms. The molecule has 1 unspecified atom stereocenters. The third kappa shape index (κ3) is 3.08. The molecule has 23 heavy (non-hydrogen) atoms. The first-order chi connectivity index (χ1) is 11.1. The summed E-state index contributed by atoms with van der Waals surface area (Å²) < 4.78 is 0. The minimum atomic E-state index is -0.0291. The Morgan fingerprint density at radius 2 is 1.87 bits per heavy atom. The van der Waals surface area contributed by atoms with Crippen molar-refractivity contribution in [3.63, 3.8) is 0 Å². The number of fused-ring (bicyclic) bond motifs is 1. The molecule has 0 aliphatic heterocycles. The molecule has 1 aliphatic rings. The summed E-state index contributed by atoms with van der Waals surface area (Å²) in [5.41, 5.74) is 17.7. The number of guanidine groups is 1. The predicted molar refractivity (Wildman–Crippen MR) is 93.6 cm³/mol. The highest BCUT2D eigenvalue weighted by atomic mass is 15.3. The number of aromatic nitrogens is 1. The fraction of sp³-hybridized carbons (Fsp3) is 0.278. The first-order valence-electron chi connectivity index (χ1n) is 7.72. The number of benzene rings is 1. The summed E-state index contributed by atoms with van der Waals surface area (Å²) in [6.07, 6.45) is 3.57. The van der Waals surface area contributed by atoms with Gasteiger partial charge in [0.15, 0.2) is 0 Å². The molecular weight excluding hydrogens is 286 g/mol. The zero-order valence-electron chi connectivity index (χ0n) is 13.5. The van der Waals surface area contributed by atoms with E-state index < -0.39 is 0 Å². The van der Waals surface area contributed by atoms with E-state index in [2.05, 4.69) is 53.3 Å². The largest absolute Gasteiger partial charge is 0.369 e. The molecule has 0 saturated heterocycles. The standard InChI is InChI=1S/C18H21N5/c1-11-5-3-4-6-14(11)13-9-15-17(12(2)7-8-21-15)16(10-13)22-23-18(19)20/h3-8,13H,9-10H2,1-2H3,(H4,19,20,23). The lowest BCUT2D eigenvalue weighted by atomic mass is 9.79. The Hall–Kier alpha value is -2.69. The molecule has 118 valence electrons. The van der Waals surface area contributed by atoms with Gasteiger partial charge in [0.05, 0.1) is 11.4 Å². The maximum absolute atomic E-state index is 5.44. The van der Waals surface area contributed by atoms with Gasteiger partial charge in [-0.3, -0.25) is 4.98 Å². The Morgan fingerprint density at radius 3 is 2.61 bits per heavy atom. The maximum Gasteiger partial charge on any atom is 0.211 e. The molecule has 0 amide bonds. The molecule has 4 N–H and O–H groups in total. The maximum atomic E-state index is 5.44. The second-order valence-corrected chi connectivity index (χ2v) is 5.98. The van der Waals surface area contributed by atoms with Gasteiger partial charge in [-0.25, -0.2) is 0 Å². The molecule has 1 aromatic heterocycles.